The molecule has 1 aromatic rings. The van der Waals surface area contributed by atoms with Gasteiger partial charge in [-0.05, 0) is 31.5 Å². The van der Waals surface area contributed by atoms with E-state index in [1.165, 1.54) is 5.56 Å². The van der Waals surface area contributed by atoms with Crippen LogP contribution >= 0.6 is 0 Å². The fraction of sp³-hybridized carbons (Fsp3) is 0.462. The fourth-order valence-corrected chi connectivity index (χ4v) is 2.03. The van der Waals surface area contributed by atoms with Gasteiger partial charge in [-0.15, -0.1) is 0 Å². The average molecular weight is 233 g/mol. The van der Waals surface area contributed by atoms with Gasteiger partial charge in [0.2, 0.25) is 0 Å². The Bertz CT molecular complexity index is 411. The first-order valence-corrected chi connectivity index (χ1v) is 5.92. The average Bonchev–Trinajstić information content (AvgIpc) is 2.29. The lowest BCUT2D eigenvalue weighted by Crippen LogP contribution is -2.36. The van der Waals surface area contributed by atoms with Gasteiger partial charge < -0.3 is 15.0 Å². The van der Waals surface area contributed by atoms with Gasteiger partial charge in [0.15, 0.2) is 0 Å². The molecule has 1 aliphatic rings. The summed E-state index contributed by atoms with van der Waals surface area (Å²) in [5.74, 6) is 0.463. The molecule has 4 nitrogen and oxygen atoms in total. The van der Waals surface area contributed by atoms with E-state index in [1.807, 2.05) is 0 Å². The van der Waals surface area contributed by atoms with E-state index in [-0.39, 0.29) is 0 Å². The first-order valence-electron chi connectivity index (χ1n) is 5.92. The summed E-state index contributed by atoms with van der Waals surface area (Å²) in [7, 11) is 0. The van der Waals surface area contributed by atoms with Crippen LogP contribution in [0, 0.1) is 12.3 Å². The van der Waals surface area contributed by atoms with Crippen LogP contribution < -0.4 is 10.2 Å². The Morgan fingerprint density at radius 3 is 2.71 bits per heavy atom. The summed E-state index contributed by atoms with van der Waals surface area (Å²) in [5.41, 5.74) is 3.37. The second kappa shape index (κ2) is 5.19. The summed E-state index contributed by atoms with van der Waals surface area (Å²) < 4.78 is 5.36. The number of anilines is 2. The largest absolute Gasteiger partial charge is 0.378 e. The van der Waals surface area contributed by atoms with Gasteiger partial charge in [0.05, 0.1) is 30.4 Å². The van der Waals surface area contributed by atoms with Crippen molar-refractivity contribution in [3.63, 3.8) is 0 Å². The molecule has 92 valence electrons. The maximum atomic E-state index is 7.56. The lowest BCUT2D eigenvalue weighted by Gasteiger charge is -2.30. The topological polar surface area (TPSA) is 48.4 Å². The Kier molecular flexibility index (Phi) is 3.64. The van der Waals surface area contributed by atoms with Crippen LogP contribution in [0.15, 0.2) is 18.2 Å². The fourth-order valence-electron chi connectivity index (χ4n) is 2.03. The second-order valence-electron chi connectivity index (χ2n) is 4.37. The van der Waals surface area contributed by atoms with Gasteiger partial charge in [-0.3, -0.25) is 5.41 Å². The van der Waals surface area contributed by atoms with Gasteiger partial charge in [0, 0.05) is 13.1 Å². The monoisotopic (exact) mass is 233 g/mol. The van der Waals surface area contributed by atoms with Crippen LogP contribution in [0.5, 0.6) is 0 Å². The molecule has 0 aromatic heterocycles. The number of rotatable bonds is 2. The molecule has 0 spiro atoms. The summed E-state index contributed by atoms with van der Waals surface area (Å²) >= 11 is 0. The molecule has 0 saturated carbocycles. The smallest absolute Gasteiger partial charge is 0.0944 e. The minimum Gasteiger partial charge on any atom is -0.378 e. The van der Waals surface area contributed by atoms with Crippen molar-refractivity contribution < 1.29 is 4.74 Å². The van der Waals surface area contributed by atoms with Crippen molar-refractivity contribution in [2.75, 3.05) is 36.5 Å². The third-order valence-electron chi connectivity index (χ3n) is 2.83. The molecule has 0 bridgehead atoms. The molecule has 1 saturated heterocycles. The van der Waals surface area contributed by atoms with Crippen LogP contribution in [0.25, 0.3) is 0 Å². The summed E-state index contributed by atoms with van der Waals surface area (Å²) in [4.78, 5) is 2.30. The Morgan fingerprint density at radius 1 is 1.35 bits per heavy atom. The summed E-state index contributed by atoms with van der Waals surface area (Å²) in [6.45, 7) is 7.19. The highest BCUT2D eigenvalue weighted by Gasteiger charge is 2.14. The predicted octanol–water partition coefficient (Wildman–Crippen LogP) is 2.24. The first-order chi connectivity index (χ1) is 8.16. The molecule has 4 heteroatoms. The Hall–Kier alpha value is -1.55. The Morgan fingerprint density at radius 2 is 2.06 bits per heavy atom. The van der Waals surface area contributed by atoms with Gasteiger partial charge in [-0.1, -0.05) is 6.07 Å². The number of amidine groups is 1. The molecule has 2 N–H and O–H groups in total. The van der Waals surface area contributed by atoms with Crippen molar-refractivity contribution in [3.05, 3.63) is 23.8 Å². The van der Waals surface area contributed by atoms with E-state index in [2.05, 4.69) is 35.3 Å². The molecule has 1 fully saturated rings. The van der Waals surface area contributed by atoms with E-state index < -0.39 is 0 Å². The van der Waals surface area contributed by atoms with Crippen LogP contribution in [0.1, 0.15) is 12.5 Å². The van der Waals surface area contributed by atoms with Gasteiger partial charge in [-0.25, -0.2) is 0 Å². The number of benzene rings is 1. The lowest BCUT2D eigenvalue weighted by atomic mass is 10.1. The maximum absolute atomic E-state index is 7.56. The van der Waals surface area contributed by atoms with Gasteiger partial charge >= 0.3 is 0 Å². The quantitative estimate of drug-likeness (QED) is 0.608. The van der Waals surface area contributed by atoms with E-state index in [0.29, 0.717) is 5.84 Å². The zero-order valence-corrected chi connectivity index (χ0v) is 10.4. The zero-order chi connectivity index (χ0) is 12.3. The number of nitrogens with one attached hydrogen (secondary N) is 2. The number of aryl methyl sites for hydroxylation is 1. The van der Waals surface area contributed by atoms with E-state index in [1.54, 1.807) is 6.92 Å². The molecule has 2 rings (SSSR count). The number of nitrogens with zero attached hydrogens (tertiary/aromatic N) is 1. The minimum absolute atomic E-state index is 0.463. The van der Waals surface area contributed by atoms with Crippen molar-refractivity contribution in [3.8, 4) is 0 Å². The normalized spacial score (nSPS) is 15.8. The molecule has 0 amide bonds. The number of hydrogen-bond acceptors (Lipinski definition) is 3. The van der Waals surface area contributed by atoms with Crippen molar-refractivity contribution in [2.45, 2.75) is 13.8 Å². The summed E-state index contributed by atoms with van der Waals surface area (Å²) in [6.07, 6.45) is 0. The Labute approximate surface area is 102 Å². The molecule has 17 heavy (non-hydrogen) atoms. The van der Waals surface area contributed by atoms with Crippen LogP contribution in [0.3, 0.4) is 0 Å². The summed E-state index contributed by atoms with van der Waals surface area (Å²) in [6, 6.07) is 6.31. The van der Waals surface area contributed by atoms with Gasteiger partial charge in [-0.2, -0.15) is 0 Å². The van der Waals surface area contributed by atoms with Crippen LogP contribution in [-0.4, -0.2) is 32.1 Å². The van der Waals surface area contributed by atoms with E-state index in [4.69, 9.17) is 10.1 Å². The third-order valence-corrected chi connectivity index (χ3v) is 2.83. The van der Waals surface area contributed by atoms with Gasteiger partial charge in [0.1, 0.15) is 0 Å². The third kappa shape index (κ3) is 2.97. The van der Waals surface area contributed by atoms with Crippen molar-refractivity contribution in [2.24, 2.45) is 0 Å². The van der Waals surface area contributed by atoms with E-state index in [9.17, 15) is 0 Å². The first kappa shape index (κ1) is 11.9. The number of morpholine rings is 1. The van der Waals surface area contributed by atoms with Crippen molar-refractivity contribution in [1.82, 2.24) is 0 Å². The Balaban J connectivity index is 2.27. The molecule has 1 heterocycles. The van der Waals surface area contributed by atoms with Crippen molar-refractivity contribution >= 4 is 17.2 Å². The molecule has 0 radical (unpaired) electrons. The highest BCUT2D eigenvalue weighted by atomic mass is 16.5. The van der Waals surface area contributed by atoms with Crippen LogP contribution in [-0.2, 0) is 4.74 Å². The van der Waals surface area contributed by atoms with E-state index in [0.717, 1.165) is 37.7 Å². The highest BCUT2D eigenvalue weighted by Crippen LogP contribution is 2.27. The van der Waals surface area contributed by atoms with Crippen molar-refractivity contribution in [1.29, 1.82) is 5.41 Å². The van der Waals surface area contributed by atoms with Crippen LogP contribution in [0.2, 0.25) is 0 Å². The second-order valence-corrected chi connectivity index (χ2v) is 4.37. The molecule has 0 aliphatic carbocycles. The van der Waals surface area contributed by atoms with Crippen LogP contribution in [0.4, 0.5) is 11.4 Å². The SMILES string of the molecule is CC(=N)Nc1cc(C)ccc1N1CCOCC1. The van der Waals surface area contributed by atoms with E-state index >= 15 is 0 Å². The molecule has 1 aromatic carbocycles. The highest BCUT2D eigenvalue weighted by molar-refractivity contribution is 5.94. The molecule has 0 unspecified atom stereocenters. The summed E-state index contributed by atoms with van der Waals surface area (Å²) in [5, 5.41) is 10.7. The molecule has 0 atom stereocenters. The molecular weight excluding hydrogens is 214 g/mol. The number of ether oxygens (including phenoxy) is 1. The minimum atomic E-state index is 0.463. The molecule has 1 aliphatic heterocycles. The standard InChI is InChI=1S/C13H19N3O/c1-10-3-4-13(12(9-10)15-11(2)14)16-5-7-17-8-6-16/h3-4,9H,5-8H2,1-2H3,(H2,14,15). The zero-order valence-electron chi connectivity index (χ0n) is 10.4. The molecular formula is C13H19N3O. The number of hydrogen-bond donors (Lipinski definition) is 2. The van der Waals surface area contributed by atoms with Gasteiger partial charge in [0.25, 0.3) is 0 Å². The maximum Gasteiger partial charge on any atom is 0.0944 e. The predicted molar refractivity (Wildman–Crippen MR) is 71.2 cm³/mol. The lowest BCUT2D eigenvalue weighted by molar-refractivity contribution is 0.123.